The molecule has 0 aliphatic heterocycles. The second-order valence-electron chi connectivity index (χ2n) is 8.62. The summed E-state index contributed by atoms with van der Waals surface area (Å²) in [6.45, 7) is 0.347. The lowest BCUT2D eigenvalue weighted by molar-refractivity contribution is -0.0854. The van der Waals surface area contributed by atoms with Crippen LogP contribution in [0.4, 0.5) is 0 Å². The molecule has 0 aromatic carbocycles. The fourth-order valence-corrected chi connectivity index (χ4v) is 6.91. The molecule has 0 saturated heterocycles. The van der Waals surface area contributed by atoms with Crippen LogP contribution in [-0.2, 0) is 0 Å². The second kappa shape index (κ2) is 8.68. The molecule has 3 saturated carbocycles. The average Bonchev–Trinajstić information content (AvgIpc) is 2.60. The lowest BCUT2D eigenvalue weighted by Gasteiger charge is -2.54. The van der Waals surface area contributed by atoms with Crippen molar-refractivity contribution < 1.29 is 5.11 Å². The number of rotatable bonds is 4. The summed E-state index contributed by atoms with van der Waals surface area (Å²) in [4.78, 5) is 0. The molecule has 0 aromatic rings. The van der Waals surface area contributed by atoms with E-state index in [0.717, 1.165) is 38.5 Å². The van der Waals surface area contributed by atoms with Crippen LogP contribution in [0.5, 0.6) is 0 Å². The Bertz CT molecular complexity index is 323. The van der Waals surface area contributed by atoms with Crippen molar-refractivity contribution in [2.24, 2.45) is 23.2 Å². The third-order valence-corrected chi connectivity index (χ3v) is 8.83. The Morgan fingerprint density at radius 2 is 0.792 bits per heavy atom. The van der Waals surface area contributed by atoms with E-state index in [1.165, 1.54) is 38.5 Å². The second-order valence-corrected chi connectivity index (χ2v) is 10.5. The molecule has 140 valence electrons. The summed E-state index contributed by atoms with van der Waals surface area (Å²) in [6.07, 6.45) is 13.8. The van der Waals surface area contributed by atoms with Crippen molar-refractivity contribution in [1.82, 2.24) is 0 Å². The number of hydrogen-bond acceptors (Lipinski definition) is 1. The van der Waals surface area contributed by atoms with Crippen LogP contribution in [0.15, 0.2) is 0 Å². The van der Waals surface area contributed by atoms with E-state index in [1.807, 2.05) is 0 Å². The highest BCUT2D eigenvalue weighted by atomic mass is 35.5. The largest absolute Gasteiger partial charge is 0.396 e. The number of alkyl halides is 3. The molecule has 3 aliphatic rings. The Hall–Kier alpha value is 0.830. The molecule has 1 N–H and O–H groups in total. The minimum atomic E-state index is 0.0884. The van der Waals surface area contributed by atoms with Gasteiger partial charge in [-0.2, -0.15) is 0 Å². The van der Waals surface area contributed by atoms with Crippen LogP contribution in [0.3, 0.4) is 0 Å². The van der Waals surface area contributed by atoms with Gasteiger partial charge in [-0.1, -0.05) is 0 Å². The van der Waals surface area contributed by atoms with Gasteiger partial charge in [0, 0.05) is 28.2 Å². The van der Waals surface area contributed by atoms with Crippen molar-refractivity contribution in [2.45, 2.75) is 93.2 Å². The summed E-state index contributed by atoms with van der Waals surface area (Å²) >= 11 is 19.2. The SMILES string of the molecule is OCC(C1CCC(Cl)CC1)(C1CCC(Cl)CC1)C1CCC(Cl)CC1. The van der Waals surface area contributed by atoms with E-state index in [2.05, 4.69) is 0 Å². The van der Waals surface area contributed by atoms with Gasteiger partial charge in [0.1, 0.15) is 0 Å². The van der Waals surface area contributed by atoms with Crippen molar-refractivity contribution in [3.63, 3.8) is 0 Å². The molecule has 0 atom stereocenters. The topological polar surface area (TPSA) is 20.2 Å². The number of aliphatic hydroxyl groups excluding tert-OH is 1. The summed E-state index contributed by atoms with van der Waals surface area (Å²) in [7, 11) is 0. The summed E-state index contributed by atoms with van der Waals surface area (Å²) < 4.78 is 0. The van der Waals surface area contributed by atoms with Gasteiger partial charge < -0.3 is 5.11 Å². The van der Waals surface area contributed by atoms with Crippen LogP contribution in [-0.4, -0.2) is 27.8 Å². The monoisotopic (exact) mass is 394 g/mol. The van der Waals surface area contributed by atoms with Crippen molar-refractivity contribution in [2.75, 3.05) is 6.61 Å². The van der Waals surface area contributed by atoms with E-state index in [4.69, 9.17) is 34.8 Å². The fourth-order valence-electron chi connectivity index (χ4n) is 6.16. The van der Waals surface area contributed by atoms with Crippen molar-refractivity contribution in [3.05, 3.63) is 0 Å². The van der Waals surface area contributed by atoms with E-state index in [1.54, 1.807) is 0 Å². The predicted molar refractivity (Wildman–Crippen MR) is 104 cm³/mol. The maximum Gasteiger partial charge on any atom is 0.0495 e. The summed E-state index contributed by atoms with van der Waals surface area (Å²) in [5, 5.41) is 11.8. The van der Waals surface area contributed by atoms with Gasteiger partial charge in [-0.25, -0.2) is 0 Å². The van der Waals surface area contributed by atoms with Gasteiger partial charge in [-0.3, -0.25) is 0 Å². The van der Waals surface area contributed by atoms with Gasteiger partial charge in [-0.05, 0) is 94.8 Å². The fraction of sp³-hybridized carbons (Fsp3) is 1.00. The number of hydrogen-bond donors (Lipinski definition) is 1. The van der Waals surface area contributed by atoms with E-state index >= 15 is 0 Å². The van der Waals surface area contributed by atoms with Gasteiger partial charge in [0.15, 0.2) is 0 Å². The number of aliphatic hydroxyl groups is 1. The highest BCUT2D eigenvalue weighted by Crippen LogP contribution is 2.57. The van der Waals surface area contributed by atoms with Crippen molar-refractivity contribution >= 4 is 34.8 Å². The Morgan fingerprint density at radius 1 is 0.542 bits per heavy atom. The first kappa shape index (κ1) is 19.6. The molecule has 0 aromatic heterocycles. The molecule has 0 unspecified atom stereocenters. The zero-order valence-corrected chi connectivity index (χ0v) is 17.0. The van der Waals surface area contributed by atoms with Crippen LogP contribution < -0.4 is 0 Å². The molecular weight excluding hydrogens is 363 g/mol. The summed E-state index contributed by atoms with van der Waals surface area (Å²) in [5.74, 6) is 1.89. The average molecular weight is 396 g/mol. The lowest BCUT2D eigenvalue weighted by Crippen LogP contribution is -2.50. The Labute approximate surface area is 162 Å². The van der Waals surface area contributed by atoms with E-state index in [9.17, 15) is 5.11 Å². The molecular formula is C20H33Cl3O. The first-order chi connectivity index (χ1) is 11.6. The molecule has 3 aliphatic carbocycles. The standard InChI is InChI=1S/C20H33Cl3O/c21-17-7-1-14(2-8-17)20(13-24,15-3-9-18(22)10-4-15)16-5-11-19(23)12-6-16/h14-19,24H,1-13H2. The van der Waals surface area contributed by atoms with E-state index in [0.29, 0.717) is 40.5 Å². The van der Waals surface area contributed by atoms with Crippen molar-refractivity contribution in [1.29, 1.82) is 0 Å². The van der Waals surface area contributed by atoms with E-state index < -0.39 is 0 Å². The Morgan fingerprint density at radius 3 is 1.00 bits per heavy atom. The first-order valence-corrected chi connectivity index (χ1v) is 11.4. The van der Waals surface area contributed by atoms with Crippen LogP contribution in [0.25, 0.3) is 0 Å². The molecule has 0 spiro atoms. The van der Waals surface area contributed by atoms with Gasteiger partial charge >= 0.3 is 0 Å². The van der Waals surface area contributed by atoms with Crippen LogP contribution in [0, 0.1) is 23.2 Å². The predicted octanol–water partition coefficient (Wildman–Crippen LogP) is 6.36. The molecule has 0 bridgehead atoms. The highest BCUT2D eigenvalue weighted by molar-refractivity contribution is 6.21. The van der Waals surface area contributed by atoms with Gasteiger partial charge in [0.2, 0.25) is 0 Å². The zero-order valence-electron chi connectivity index (χ0n) is 14.7. The third kappa shape index (κ3) is 4.05. The summed E-state index contributed by atoms with van der Waals surface area (Å²) in [5.41, 5.74) is 0.0884. The normalized spacial score (nSPS) is 44.0. The smallest absolute Gasteiger partial charge is 0.0495 e. The molecule has 0 radical (unpaired) electrons. The number of halogens is 3. The molecule has 24 heavy (non-hydrogen) atoms. The lowest BCUT2D eigenvalue weighted by atomic mass is 9.51. The summed E-state index contributed by atoms with van der Waals surface area (Å²) in [6, 6.07) is 0. The zero-order chi connectivity index (χ0) is 17.2. The van der Waals surface area contributed by atoms with Crippen molar-refractivity contribution in [3.8, 4) is 0 Å². The van der Waals surface area contributed by atoms with Gasteiger partial charge in [0.05, 0.1) is 0 Å². The first-order valence-electron chi connectivity index (χ1n) is 10.1. The minimum absolute atomic E-state index is 0.0884. The molecule has 3 fully saturated rings. The van der Waals surface area contributed by atoms with Crippen LogP contribution >= 0.6 is 34.8 Å². The molecule has 0 heterocycles. The minimum Gasteiger partial charge on any atom is -0.396 e. The van der Waals surface area contributed by atoms with E-state index in [-0.39, 0.29) is 5.41 Å². The maximum absolute atomic E-state index is 10.7. The quantitative estimate of drug-likeness (QED) is 0.549. The van der Waals surface area contributed by atoms with Crippen LogP contribution in [0.1, 0.15) is 77.0 Å². The van der Waals surface area contributed by atoms with Gasteiger partial charge in [-0.15, -0.1) is 34.8 Å². The molecule has 1 nitrogen and oxygen atoms in total. The molecule has 4 heteroatoms. The molecule has 0 amide bonds. The highest BCUT2D eigenvalue weighted by Gasteiger charge is 2.51. The van der Waals surface area contributed by atoms with Crippen LogP contribution in [0.2, 0.25) is 0 Å². The molecule has 3 rings (SSSR count). The third-order valence-electron chi connectivity index (χ3n) is 7.52. The Kier molecular flexibility index (Phi) is 7.08. The maximum atomic E-state index is 10.7. The van der Waals surface area contributed by atoms with Gasteiger partial charge in [0.25, 0.3) is 0 Å². The Balaban J connectivity index is 1.83.